The minimum Gasteiger partial charge on any atom is -0.469 e. The molecule has 0 saturated carbocycles. The van der Waals surface area contributed by atoms with E-state index in [-0.39, 0.29) is 12.1 Å². The van der Waals surface area contributed by atoms with Gasteiger partial charge in [-0.3, -0.25) is 19.7 Å². The summed E-state index contributed by atoms with van der Waals surface area (Å²) in [6.45, 7) is 0. The molecule has 9 heteroatoms. The van der Waals surface area contributed by atoms with Crippen LogP contribution in [0.25, 0.3) is 21.5 Å². The van der Waals surface area contributed by atoms with E-state index in [2.05, 4.69) is 5.32 Å². The number of amides is 1. The first kappa shape index (κ1) is 25.3. The highest BCUT2D eigenvalue weighted by atomic mass is 16.6. The van der Waals surface area contributed by atoms with Crippen LogP contribution < -0.4 is 5.32 Å². The molecule has 0 heterocycles. The highest BCUT2D eigenvalue weighted by Crippen LogP contribution is 2.31. The summed E-state index contributed by atoms with van der Waals surface area (Å²) >= 11 is 0. The molecular weight excluding hydrogens is 476 g/mol. The number of carbonyl (C=O) groups excluding carboxylic acids is 3. The first-order valence-corrected chi connectivity index (χ1v) is 11.4. The van der Waals surface area contributed by atoms with E-state index in [4.69, 9.17) is 9.47 Å². The van der Waals surface area contributed by atoms with Crippen molar-refractivity contribution in [3.63, 3.8) is 0 Å². The standard InChI is InChI=1S/C28H24N2O7/c1-36-24(31)16-23(17-11-13-20(14-12-17)30(34)35)26(28(33)37-2)29-27(32)25-21-9-5-3-7-18(21)15-19-8-4-6-10-22(19)25/h3-15,23,26H,16H2,1-2H3,(H,29,32)/t23-,26+/m1/s1. The molecule has 4 rings (SSSR count). The van der Waals surface area contributed by atoms with Crippen LogP contribution in [0.1, 0.15) is 28.3 Å². The number of nitro benzene ring substituents is 1. The number of rotatable bonds is 8. The molecule has 1 N–H and O–H groups in total. The topological polar surface area (TPSA) is 125 Å². The van der Waals surface area contributed by atoms with E-state index in [9.17, 15) is 24.5 Å². The third-order valence-electron chi connectivity index (χ3n) is 6.29. The summed E-state index contributed by atoms with van der Waals surface area (Å²) in [4.78, 5) is 49.6. The fourth-order valence-electron chi connectivity index (χ4n) is 4.46. The second kappa shape index (κ2) is 10.9. The van der Waals surface area contributed by atoms with Gasteiger partial charge in [0, 0.05) is 18.1 Å². The number of ether oxygens (including phenoxy) is 2. The van der Waals surface area contributed by atoms with Crippen molar-refractivity contribution in [2.75, 3.05) is 14.2 Å². The Bertz CT molecular complexity index is 1440. The number of carbonyl (C=O) groups is 3. The Morgan fingerprint density at radius 1 is 0.865 bits per heavy atom. The van der Waals surface area contributed by atoms with E-state index in [1.165, 1.54) is 38.5 Å². The molecule has 4 aromatic carbocycles. The molecule has 1 amide bonds. The Labute approximate surface area is 212 Å². The van der Waals surface area contributed by atoms with Crippen molar-refractivity contribution in [2.45, 2.75) is 18.4 Å². The number of methoxy groups -OCH3 is 2. The normalized spacial score (nSPS) is 12.5. The van der Waals surface area contributed by atoms with Crippen molar-refractivity contribution in [1.29, 1.82) is 0 Å². The molecule has 0 aliphatic heterocycles. The molecule has 0 spiro atoms. The van der Waals surface area contributed by atoms with Crippen molar-refractivity contribution >= 4 is 45.1 Å². The van der Waals surface area contributed by atoms with Gasteiger partial charge in [0.1, 0.15) is 6.04 Å². The lowest BCUT2D eigenvalue weighted by atomic mass is 9.87. The minimum atomic E-state index is -1.28. The summed E-state index contributed by atoms with van der Waals surface area (Å²) < 4.78 is 9.81. The van der Waals surface area contributed by atoms with Gasteiger partial charge in [0.2, 0.25) is 0 Å². The lowest BCUT2D eigenvalue weighted by molar-refractivity contribution is -0.384. The summed E-state index contributed by atoms with van der Waals surface area (Å²) in [5, 5.41) is 17.0. The maximum Gasteiger partial charge on any atom is 0.329 e. The second-order valence-corrected chi connectivity index (χ2v) is 8.40. The zero-order chi connectivity index (χ0) is 26.5. The average molecular weight is 501 g/mol. The van der Waals surface area contributed by atoms with Crippen molar-refractivity contribution in [3.05, 3.63) is 100 Å². The number of nitro groups is 1. The van der Waals surface area contributed by atoms with E-state index in [1.807, 2.05) is 54.6 Å². The van der Waals surface area contributed by atoms with Crippen LogP contribution in [0.5, 0.6) is 0 Å². The molecular formula is C28H24N2O7. The molecule has 0 fully saturated rings. The van der Waals surface area contributed by atoms with E-state index >= 15 is 0 Å². The van der Waals surface area contributed by atoms with Gasteiger partial charge in [0.25, 0.3) is 11.6 Å². The van der Waals surface area contributed by atoms with E-state index < -0.39 is 34.7 Å². The van der Waals surface area contributed by atoms with Gasteiger partial charge in [-0.25, -0.2) is 4.79 Å². The van der Waals surface area contributed by atoms with Gasteiger partial charge in [-0.15, -0.1) is 0 Å². The van der Waals surface area contributed by atoms with Crippen LogP contribution in [-0.2, 0) is 19.1 Å². The summed E-state index contributed by atoms with van der Waals surface area (Å²) in [7, 11) is 2.39. The summed E-state index contributed by atoms with van der Waals surface area (Å²) in [6, 6.07) is 21.0. The fourth-order valence-corrected chi connectivity index (χ4v) is 4.46. The molecule has 4 aromatic rings. The van der Waals surface area contributed by atoms with Crippen molar-refractivity contribution < 1.29 is 28.8 Å². The van der Waals surface area contributed by atoms with Gasteiger partial charge < -0.3 is 14.8 Å². The third-order valence-corrected chi connectivity index (χ3v) is 6.29. The first-order valence-electron chi connectivity index (χ1n) is 11.4. The maximum atomic E-state index is 13.8. The number of nitrogens with one attached hydrogen (secondary N) is 1. The number of nitrogens with zero attached hydrogens (tertiary/aromatic N) is 1. The molecule has 2 atom stereocenters. The minimum absolute atomic E-state index is 0.151. The smallest absolute Gasteiger partial charge is 0.329 e. The number of hydrogen-bond donors (Lipinski definition) is 1. The van der Waals surface area contributed by atoms with E-state index in [1.54, 1.807) is 0 Å². The van der Waals surface area contributed by atoms with Gasteiger partial charge in [0.15, 0.2) is 0 Å². The molecule has 37 heavy (non-hydrogen) atoms. The number of benzene rings is 4. The van der Waals surface area contributed by atoms with Crippen LogP contribution >= 0.6 is 0 Å². The van der Waals surface area contributed by atoms with Crippen LogP contribution in [0.15, 0.2) is 78.9 Å². The predicted octanol–water partition coefficient (Wildman–Crippen LogP) is 4.52. The zero-order valence-corrected chi connectivity index (χ0v) is 20.2. The Morgan fingerprint density at radius 2 is 1.43 bits per heavy atom. The first-order chi connectivity index (χ1) is 17.8. The quantitative estimate of drug-likeness (QED) is 0.163. The van der Waals surface area contributed by atoms with Crippen LogP contribution in [-0.4, -0.2) is 43.0 Å². The fraction of sp³-hybridized carbons (Fsp3) is 0.179. The van der Waals surface area contributed by atoms with Gasteiger partial charge in [0.05, 0.1) is 31.1 Å². The van der Waals surface area contributed by atoms with Gasteiger partial charge >= 0.3 is 11.9 Å². The van der Waals surface area contributed by atoms with Crippen molar-refractivity contribution in [3.8, 4) is 0 Å². The lowest BCUT2D eigenvalue weighted by Crippen LogP contribution is -2.46. The number of non-ortho nitro benzene ring substituents is 1. The monoisotopic (exact) mass is 500 g/mol. The molecule has 9 nitrogen and oxygen atoms in total. The molecule has 0 aliphatic carbocycles. The van der Waals surface area contributed by atoms with Crippen LogP contribution in [0.4, 0.5) is 5.69 Å². The third kappa shape index (κ3) is 5.25. The highest BCUT2D eigenvalue weighted by molar-refractivity contribution is 6.18. The van der Waals surface area contributed by atoms with Crippen LogP contribution in [0.2, 0.25) is 0 Å². The SMILES string of the molecule is COC(=O)C[C@H](c1ccc([N+](=O)[O-])cc1)[C@H](NC(=O)c1c2ccccc2cc2ccccc12)C(=O)OC. The highest BCUT2D eigenvalue weighted by Gasteiger charge is 2.35. The predicted molar refractivity (Wildman–Crippen MR) is 137 cm³/mol. The Morgan fingerprint density at radius 3 is 1.95 bits per heavy atom. The largest absolute Gasteiger partial charge is 0.469 e. The lowest BCUT2D eigenvalue weighted by Gasteiger charge is -2.26. The number of esters is 2. The Kier molecular flexibility index (Phi) is 7.43. The Hall–Kier alpha value is -4.79. The summed E-state index contributed by atoms with van der Waals surface area (Å²) in [6.07, 6.45) is -0.273. The van der Waals surface area contributed by atoms with Gasteiger partial charge in [-0.2, -0.15) is 0 Å². The molecule has 0 aliphatic rings. The molecule has 0 unspecified atom stereocenters. The van der Waals surface area contributed by atoms with Gasteiger partial charge in [-0.1, -0.05) is 60.7 Å². The average Bonchev–Trinajstić information content (AvgIpc) is 2.92. The molecule has 0 aromatic heterocycles. The molecule has 0 saturated heterocycles. The molecule has 0 radical (unpaired) electrons. The zero-order valence-electron chi connectivity index (χ0n) is 20.2. The summed E-state index contributed by atoms with van der Waals surface area (Å²) in [5.41, 5.74) is 0.652. The van der Waals surface area contributed by atoms with E-state index in [0.29, 0.717) is 21.9 Å². The molecule has 0 bridgehead atoms. The van der Waals surface area contributed by atoms with Crippen molar-refractivity contribution in [1.82, 2.24) is 5.32 Å². The van der Waals surface area contributed by atoms with Crippen LogP contribution in [0.3, 0.4) is 0 Å². The summed E-state index contributed by atoms with van der Waals surface area (Å²) in [5.74, 6) is -2.83. The van der Waals surface area contributed by atoms with Crippen molar-refractivity contribution in [2.24, 2.45) is 0 Å². The molecule has 188 valence electrons. The number of fused-ring (bicyclic) bond motifs is 2. The second-order valence-electron chi connectivity index (χ2n) is 8.40. The van der Waals surface area contributed by atoms with Gasteiger partial charge in [-0.05, 0) is 33.2 Å². The van der Waals surface area contributed by atoms with E-state index in [0.717, 1.165) is 10.8 Å². The maximum absolute atomic E-state index is 13.8. The van der Waals surface area contributed by atoms with Crippen LogP contribution in [0, 0.1) is 10.1 Å². The Balaban J connectivity index is 1.81. The number of hydrogen-bond acceptors (Lipinski definition) is 7.